The molecule has 0 bridgehead atoms. The van der Waals surface area contributed by atoms with Gasteiger partial charge in [-0.25, -0.2) is 0 Å². The molecule has 1 N–H and O–H groups in total. The second-order valence-corrected chi connectivity index (χ2v) is 7.12. The highest BCUT2D eigenvalue weighted by Crippen LogP contribution is 2.38. The summed E-state index contributed by atoms with van der Waals surface area (Å²) in [6.07, 6.45) is 3.73. The Morgan fingerprint density at radius 2 is 1.87 bits per heavy atom. The number of imide groups is 1. The van der Waals surface area contributed by atoms with Gasteiger partial charge in [0.15, 0.2) is 0 Å². The van der Waals surface area contributed by atoms with E-state index in [-0.39, 0.29) is 30.3 Å². The molecule has 1 fully saturated rings. The van der Waals surface area contributed by atoms with E-state index in [9.17, 15) is 14.7 Å². The van der Waals surface area contributed by atoms with Crippen LogP contribution >= 0.6 is 11.6 Å². The molecule has 0 unspecified atom stereocenters. The lowest BCUT2D eigenvalue weighted by Gasteiger charge is -2.36. The van der Waals surface area contributed by atoms with Gasteiger partial charge in [0.05, 0.1) is 38.1 Å². The molecule has 2 aliphatic rings. The van der Waals surface area contributed by atoms with Crippen molar-refractivity contribution in [2.24, 2.45) is 11.8 Å². The van der Waals surface area contributed by atoms with Crippen LogP contribution in [0.5, 0.6) is 0 Å². The van der Waals surface area contributed by atoms with Crippen LogP contribution in [0.1, 0.15) is 33.1 Å². The molecule has 1 aliphatic carbocycles. The van der Waals surface area contributed by atoms with Crippen molar-refractivity contribution in [3.63, 3.8) is 0 Å². The van der Waals surface area contributed by atoms with Crippen molar-refractivity contribution >= 4 is 23.4 Å². The standard InChI is InChI=1S/C17H28ClN2O3/c1-3-20(4-2,10-11-21)9-5-8-19-16(22)14-7-6-13(18)12-15(14)17(19)23/h6,14-15,21H,3-5,7-12H2,1-2H3/q+1/t14-,15-/m1/s1. The Morgan fingerprint density at radius 3 is 2.48 bits per heavy atom. The molecule has 2 amide bonds. The van der Waals surface area contributed by atoms with Crippen LogP contribution in [0.3, 0.4) is 0 Å². The predicted molar refractivity (Wildman–Crippen MR) is 89.6 cm³/mol. The van der Waals surface area contributed by atoms with Crippen LogP contribution in [0.25, 0.3) is 0 Å². The number of allylic oxidation sites excluding steroid dienone is 2. The predicted octanol–water partition coefficient (Wildman–Crippen LogP) is 1.74. The maximum Gasteiger partial charge on any atom is 0.233 e. The molecule has 2 rings (SSSR count). The molecule has 6 heteroatoms. The van der Waals surface area contributed by atoms with E-state index in [1.807, 2.05) is 6.08 Å². The molecule has 0 radical (unpaired) electrons. The third-order valence-corrected chi connectivity index (χ3v) is 5.90. The minimum absolute atomic E-state index is 0.0336. The van der Waals surface area contributed by atoms with Crippen LogP contribution in [0.2, 0.25) is 0 Å². The Balaban J connectivity index is 1.94. The molecular weight excluding hydrogens is 316 g/mol. The van der Waals surface area contributed by atoms with E-state index in [0.29, 0.717) is 24.4 Å². The molecule has 5 nitrogen and oxygen atoms in total. The van der Waals surface area contributed by atoms with Gasteiger partial charge in [-0.15, -0.1) is 0 Å². The molecule has 130 valence electrons. The number of quaternary nitrogens is 1. The average molecular weight is 344 g/mol. The summed E-state index contributed by atoms with van der Waals surface area (Å²) >= 11 is 6.03. The minimum Gasteiger partial charge on any atom is -0.391 e. The number of aliphatic hydroxyl groups excluding tert-OH is 1. The third kappa shape index (κ3) is 3.78. The molecule has 0 aromatic heterocycles. The third-order valence-electron chi connectivity index (χ3n) is 5.59. The maximum absolute atomic E-state index is 12.5. The van der Waals surface area contributed by atoms with E-state index < -0.39 is 0 Å². The monoisotopic (exact) mass is 343 g/mol. The second-order valence-electron chi connectivity index (χ2n) is 6.63. The van der Waals surface area contributed by atoms with Crippen LogP contribution in [0, 0.1) is 11.8 Å². The summed E-state index contributed by atoms with van der Waals surface area (Å²) in [4.78, 5) is 26.4. The molecule has 0 saturated carbocycles. The number of rotatable bonds is 8. The largest absolute Gasteiger partial charge is 0.391 e. The number of likely N-dealkylation sites (N-methyl/N-ethyl adjacent to an activating group) is 1. The first-order chi connectivity index (χ1) is 11.0. The van der Waals surface area contributed by atoms with Gasteiger partial charge in [-0.3, -0.25) is 14.5 Å². The van der Waals surface area contributed by atoms with Crippen molar-refractivity contribution in [2.75, 3.05) is 39.3 Å². The van der Waals surface area contributed by atoms with Gasteiger partial charge in [-0.2, -0.15) is 0 Å². The second kappa shape index (κ2) is 7.77. The van der Waals surface area contributed by atoms with Crippen molar-refractivity contribution in [1.82, 2.24) is 4.90 Å². The molecule has 1 saturated heterocycles. The number of carbonyl (C=O) groups excluding carboxylic acids is 2. The lowest BCUT2D eigenvalue weighted by Crippen LogP contribution is -2.51. The molecule has 1 heterocycles. The van der Waals surface area contributed by atoms with Gasteiger partial charge in [0.25, 0.3) is 0 Å². The van der Waals surface area contributed by atoms with Crippen LogP contribution in [-0.2, 0) is 9.59 Å². The van der Waals surface area contributed by atoms with Gasteiger partial charge in [0.2, 0.25) is 11.8 Å². The Bertz CT molecular complexity index is 488. The van der Waals surface area contributed by atoms with E-state index >= 15 is 0 Å². The van der Waals surface area contributed by atoms with Gasteiger partial charge in [-0.1, -0.05) is 17.7 Å². The number of amides is 2. The van der Waals surface area contributed by atoms with Crippen LogP contribution < -0.4 is 0 Å². The molecule has 0 aromatic carbocycles. The number of hydrogen-bond acceptors (Lipinski definition) is 3. The topological polar surface area (TPSA) is 57.6 Å². The minimum atomic E-state index is -0.256. The highest BCUT2D eigenvalue weighted by molar-refractivity contribution is 6.30. The summed E-state index contributed by atoms with van der Waals surface area (Å²) in [5.41, 5.74) is 0. The highest BCUT2D eigenvalue weighted by atomic mass is 35.5. The molecule has 2 atom stereocenters. The van der Waals surface area contributed by atoms with Crippen molar-refractivity contribution in [3.05, 3.63) is 11.1 Å². The molecule has 1 aliphatic heterocycles. The molecule has 0 spiro atoms. The molecule has 0 aromatic rings. The summed E-state index contributed by atoms with van der Waals surface area (Å²) in [5, 5.41) is 9.97. The van der Waals surface area contributed by atoms with Crippen molar-refractivity contribution in [1.29, 1.82) is 0 Å². The maximum atomic E-state index is 12.5. The number of halogens is 1. The van der Waals surface area contributed by atoms with E-state index in [0.717, 1.165) is 37.1 Å². The van der Waals surface area contributed by atoms with Crippen LogP contribution in [0.15, 0.2) is 11.1 Å². The number of likely N-dealkylation sites (tertiary alicyclic amines) is 1. The number of fused-ring (bicyclic) bond motifs is 1. The number of aliphatic hydroxyl groups is 1. The Hall–Kier alpha value is -0.910. The fourth-order valence-corrected chi connectivity index (χ4v) is 4.12. The zero-order valence-electron chi connectivity index (χ0n) is 14.1. The van der Waals surface area contributed by atoms with E-state index in [1.54, 1.807) is 0 Å². The SMILES string of the molecule is CC[N+](CC)(CCO)CCCN1C(=O)[C@@H]2CC=C(Cl)C[C@H]2C1=O. The quantitative estimate of drug-likeness (QED) is 0.539. The Labute approximate surface area is 143 Å². The van der Waals surface area contributed by atoms with Crippen molar-refractivity contribution in [3.8, 4) is 0 Å². The van der Waals surface area contributed by atoms with Crippen molar-refractivity contribution < 1.29 is 19.2 Å². The van der Waals surface area contributed by atoms with Crippen molar-refractivity contribution in [2.45, 2.75) is 33.1 Å². The first-order valence-corrected chi connectivity index (χ1v) is 9.01. The lowest BCUT2D eigenvalue weighted by molar-refractivity contribution is -0.925. The summed E-state index contributed by atoms with van der Waals surface area (Å²) in [7, 11) is 0. The lowest BCUT2D eigenvalue weighted by atomic mass is 9.85. The first kappa shape index (κ1) is 18.4. The number of nitrogens with zero attached hydrogens (tertiary/aromatic N) is 2. The van der Waals surface area contributed by atoms with Gasteiger partial charge in [0.1, 0.15) is 6.54 Å². The van der Waals surface area contributed by atoms with E-state index in [4.69, 9.17) is 11.6 Å². The number of carbonyl (C=O) groups is 2. The summed E-state index contributed by atoms with van der Waals surface area (Å²) < 4.78 is 0.826. The molecule has 23 heavy (non-hydrogen) atoms. The first-order valence-electron chi connectivity index (χ1n) is 8.63. The number of hydrogen-bond donors (Lipinski definition) is 1. The fraction of sp³-hybridized carbons (Fsp3) is 0.765. The van der Waals surface area contributed by atoms with E-state index in [1.165, 1.54) is 4.90 Å². The molecular formula is C17H28ClN2O3+. The fourth-order valence-electron chi connectivity index (χ4n) is 3.86. The summed E-state index contributed by atoms with van der Waals surface area (Å²) in [6, 6.07) is 0. The highest BCUT2D eigenvalue weighted by Gasteiger charge is 2.48. The smallest absolute Gasteiger partial charge is 0.233 e. The zero-order valence-corrected chi connectivity index (χ0v) is 14.9. The van der Waals surface area contributed by atoms with Gasteiger partial charge >= 0.3 is 0 Å². The average Bonchev–Trinajstić information content (AvgIpc) is 2.78. The van der Waals surface area contributed by atoms with Crippen LogP contribution in [0.4, 0.5) is 0 Å². The zero-order chi connectivity index (χ0) is 17.0. The summed E-state index contributed by atoms with van der Waals surface area (Å²) in [6.45, 7) is 8.37. The van der Waals surface area contributed by atoms with Gasteiger partial charge < -0.3 is 9.59 Å². The summed E-state index contributed by atoms with van der Waals surface area (Å²) in [5.74, 6) is -0.554. The van der Waals surface area contributed by atoms with Crippen LogP contribution in [-0.4, -0.2) is 65.6 Å². The van der Waals surface area contributed by atoms with Gasteiger partial charge in [0, 0.05) is 18.0 Å². The Kier molecular flexibility index (Phi) is 6.23. The van der Waals surface area contributed by atoms with Gasteiger partial charge in [-0.05, 0) is 26.7 Å². The normalized spacial score (nSPS) is 24.9. The Morgan fingerprint density at radius 1 is 1.22 bits per heavy atom. The van der Waals surface area contributed by atoms with E-state index in [2.05, 4.69) is 13.8 Å².